The minimum absolute atomic E-state index is 0.0735. The number of carboxylic acid groups (broad SMARTS) is 1. The lowest BCUT2D eigenvalue weighted by Gasteiger charge is -2.26. The first-order valence-electron chi connectivity index (χ1n) is 6.40. The lowest BCUT2D eigenvalue weighted by Crippen LogP contribution is -2.37. The van der Waals surface area contributed by atoms with E-state index < -0.39 is 5.97 Å². The van der Waals surface area contributed by atoms with Crippen molar-refractivity contribution in [2.75, 3.05) is 0 Å². The van der Waals surface area contributed by atoms with Gasteiger partial charge in [-0.25, -0.2) is 0 Å². The van der Waals surface area contributed by atoms with Gasteiger partial charge < -0.3 is 14.8 Å². The highest BCUT2D eigenvalue weighted by Gasteiger charge is 2.26. The highest BCUT2D eigenvalue weighted by atomic mass is 16.4. The largest absolute Gasteiger partial charge is 0.481 e. The molecule has 1 fully saturated rings. The topological polar surface area (TPSA) is 79.5 Å². The first kappa shape index (κ1) is 13.4. The minimum Gasteiger partial charge on any atom is -0.481 e. The summed E-state index contributed by atoms with van der Waals surface area (Å²) >= 11 is 0. The third kappa shape index (κ3) is 3.98. The van der Waals surface area contributed by atoms with Crippen molar-refractivity contribution in [3.8, 4) is 0 Å². The maximum Gasteiger partial charge on any atom is 0.306 e. The molecule has 0 atom stereocenters. The molecule has 0 aliphatic heterocycles. The lowest BCUT2D eigenvalue weighted by molar-refractivity contribution is -0.142. The Hall–Kier alpha value is -2.04. The predicted octanol–water partition coefficient (Wildman–Crippen LogP) is 2.05. The van der Waals surface area contributed by atoms with Gasteiger partial charge in [0.15, 0.2) is 0 Å². The summed E-state index contributed by atoms with van der Waals surface area (Å²) in [6, 6.07) is 3.59. The van der Waals surface area contributed by atoms with Crippen molar-refractivity contribution < 1.29 is 19.1 Å². The molecule has 102 valence electrons. The van der Waals surface area contributed by atoms with Gasteiger partial charge in [-0.2, -0.15) is 0 Å². The average Bonchev–Trinajstić information content (AvgIpc) is 2.90. The van der Waals surface area contributed by atoms with Crippen molar-refractivity contribution in [2.24, 2.45) is 5.92 Å². The fourth-order valence-corrected chi connectivity index (χ4v) is 2.28. The van der Waals surface area contributed by atoms with Crippen LogP contribution in [0.1, 0.15) is 31.4 Å². The van der Waals surface area contributed by atoms with Gasteiger partial charge >= 0.3 is 5.97 Å². The summed E-state index contributed by atoms with van der Waals surface area (Å²) in [5.74, 6) is -0.533. The number of carbonyl (C=O) groups is 2. The number of aliphatic carboxylic acids is 1. The van der Waals surface area contributed by atoms with E-state index in [4.69, 9.17) is 9.52 Å². The number of hydrogen-bond donors (Lipinski definition) is 2. The van der Waals surface area contributed by atoms with Gasteiger partial charge in [0.1, 0.15) is 5.76 Å². The highest BCUT2D eigenvalue weighted by molar-refractivity contribution is 5.91. The van der Waals surface area contributed by atoms with Crippen LogP contribution in [0.3, 0.4) is 0 Å². The number of carboxylic acids is 1. The third-order valence-corrected chi connectivity index (χ3v) is 3.36. The molecule has 1 heterocycles. The lowest BCUT2D eigenvalue weighted by atomic mass is 9.86. The number of amides is 1. The molecule has 0 saturated heterocycles. The van der Waals surface area contributed by atoms with E-state index in [1.54, 1.807) is 24.5 Å². The van der Waals surface area contributed by atoms with Crippen LogP contribution < -0.4 is 5.32 Å². The molecule has 0 aromatic carbocycles. The number of nitrogens with one attached hydrogen (secondary N) is 1. The fraction of sp³-hybridized carbons (Fsp3) is 0.429. The Kier molecular flexibility index (Phi) is 4.39. The summed E-state index contributed by atoms with van der Waals surface area (Å²) in [5, 5.41) is 11.8. The van der Waals surface area contributed by atoms with E-state index in [0.29, 0.717) is 18.6 Å². The van der Waals surface area contributed by atoms with E-state index in [-0.39, 0.29) is 17.9 Å². The monoisotopic (exact) mass is 263 g/mol. The van der Waals surface area contributed by atoms with Crippen LogP contribution in [-0.4, -0.2) is 23.0 Å². The summed E-state index contributed by atoms with van der Waals surface area (Å²) in [5.41, 5.74) is 0. The van der Waals surface area contributed by atoms with Crippen LogP contribution in [0.5, 0.6) is 0 Å². The molecule has 1 aromatic heterocycles. The van der Waals surface area contributed by atoms with Gasteiger partial charge in [-0.15, -0.1) is 0 Å². The van der Waals surface area contributed by atoms with Gasteiger partial charge in [0.25, 0.3) is 0 Å². The maximum atomic E-state index is 11.7. The van der Waals surface area contributed by atoms with Gasteiger partial charge in [-0.3, -0.25) is 9.59 Å². The fourth-order valence-electron chi connectivity index (χ4n) is 2.28. The molecule has 0 radical (unpaired) electrons. The second-order valence-corrected chi connectivity index (χ2v) is 4.74. The molecule has 1 saturated carbocycles. The molecular formula is C14H17NO4. The molecule has 1 amide bonds. The summed E-state index contributed by atoms with van der Waals surface area (Å²) in [4.78, 5) is 22.5. The van der Waals surface area contributed by atoms with E-state index in [1.165, 1.54) is 6.08 Å². The number of carbonyl (C=O) groups excluding carboxylic acids is 1. The van der Waals surface area contributed by atoms with E-state index in [2.05, 4.69) is 5.32 Å². The van der Waals surface area contributed by atoms with Crippen LogP contribution in [0.15, 0.2) is 28.9 Å². The molecule has 0 bridgehead atoms. The Bertz CT molecular complexity index is 456. The third-order valence-electron chi connectivity index (χ3n) is 3.36. The molecule has 1 aromatic rings. The molecule has 0 spiro atoms. The van der Waals surface area contributed by atoms with E-state index in [1.807, 2.05) is 0 Å². The van der Waals surface area contributed by atoms with Crippen LogP contribution in [0.2, 0.25) is 0 Å². The zero-order valence-corrected chi connectivity index (χ0v) is 10.5. The van der Waals surface area contributed by atoms with Crippen LogP contribution in [0, 0.1) is 5.92 Å². The van der Waals surface area contributed by atoms with Crippen LogP contribution >= 0.6 is 0 Å². The van der Waals surface area contributed by atoms with Crippen molar-refractivity contribution in [1.82, 2.24) is 5.32 Å². The Morgan fingerprint density at radius 3 is 2.63 bits per heavy atom. The molecule has 1 aliphatic rings. The normalized spacial score (nSPS) is 23.4. The van der Waals surface area contributed by atoms with Crippen molar-refractivity contribution in [2.45, 2.75) is 31.7 Å². The summed E-state index contributed by atoms with van der Waals surface area (Å²) in [6.07, 6.45) is 7.28. The summed E-state index contributed by atoms with van der Waals surface area (Å²) < 4.78 is 5.08. The second-order valence-electron chi connectivity index (χ2n) is 4.74. The van der Waals surface area contributed by atoms with E-state index in [0.717, 1.165) is 12.8 Å². The van der Waals surface area contributed by atoms with Crippen LogP contribution in [0.25, 0.3) is 6.08 Å². The van der Waals surface area contributed by atoms with Gasteiger partial charge in [0.05, 0.1) is 12.2 Å². The molecule has 2 N–H and O–H groups in total. The smallest absolute Gasteiger partial charge is 0.306 e. The number of hydrogen-bond acceptors (Lipinski definition) is 3. The van der Waals surface area contributed by atoms with Gasteiger partial charge in [0, 0.05) is 12.1 Å². The minimum atomic E-state index is -0.734. The zero-order valence-electron chi connectivity index (χ0n) is 10.5. The Labute approximate surface area is 111 Å². The molecule has 2 rings (SSSR count). The highest BCUT2D eigenvalue weighted by Crippen LogP contribution is 2.24. The van der Waals surface area contributed by atoms with Crippen LogP contribution in [0.4, 0.5) is 0 Å². The zero-order chi connectivity index (χ0) is 13.7. The van der Waals surface area contributed by atoms with Gasteiger partial charge in [0.2, 0.25) is 5.91 Å². The van der Waals surface area contributed by atoms with Crippen molar-refractivity contribution in [3.05, 3.63) is 30.2 Å². The predicted molar refractivity (Wildman–Crippen MR) is 69.3 cm³/mol. The summed E-state index contributed by atoms with van der Waals surface area (Å²) in [6.45, 7) is 0. The van der Waals surface area contributed by atoms with E-state index in [9.17, 15) is 9.59 Å². The molecule has 19 heavy (non-hydrogen) atoms. The first-order chi connectivity index (χ1) is 9.15. The number of furan rings is 1. The van der Waals surface area contributed by atoms with Crippen molar-refractivity contribution in [3.63, 3.8) is 0 Å². The second kappa shape index (κ2) is 6.22. The van der Waals surface area contributed by atoms with Gasteiger partial charge in [-0.05, 0) is 43.9 Å². The maximum absolute atomic E-state index is 11.7. The summed E-state index contributed by atoms with van der Waals surface area (Å²) in [7, 11) is 0. The first-order valence-corrected chi connectivity index (χ1v) is 6.40. The SMILES string of the molecule is O=C(/C=C/c1ccco1)NC1CCC(C(=O)O)CC1. The quantitative estimate of drug-likeness (QED) is 0.815. The molecule has 0 unspecified atom stereocenters. The Morgan fingerprint density at radius 2 is 2.05 bits per heavy atom. The van der Waals surface area contributed by atoms with Crippen molar-refractivity contribution in [1.29, 1.82) is 0 Å². The van der Waals surface area contributed by atoms with Crippen LogP contribution in [-0.2, 0) is 9.59 Å². The van der Waals surface area contributed by atoms with Gasteiger partial charge in [-0.1, -0.05) is 0 Å². The average molecular weight is 263 g/mol. The van der Waals surface area contributed by atoms with Crippen molar-refractivity contribution >= 4 is 18.0 Å². The van der Waals surface area contributed by atoms with E-state index >= 15 is 0 Å². The molecular weight excluding hydrogens is 246 g/mol. The molecule has 5 heteroatoms. The molecule has 1 aliphatic carbocycles. The number of rotatable bonds is 4. The Balaban J connectivity index is 1.76. The standard InChI is InChI=1S/C14H17NO4/c16-13(8-7-12-2-1-9-19-12)15-11-5-3-10(4-6-11)14(17)18/h1-2,7-11H,3-6H2,(H,15,16)(H,17,18)/b8-7+. The Morgan fingerprint density at radius 1 is 1.32 bits per heavy atom. The molecule has 5 nitrogen and oxygen atoms in total.